The molecule has 0 bridgehead atoms. The molecule has 0 atom stereocenters. The third-order valence-electron chi connectivity index (χ3n) is 1.65. The summed E-state index contributed by atoms with van der Waals surface area (Å²) in [5, 5.41) is 0. The van der Waals surface area contributed by atoms with Gasteiger partial charge >= 0.3 is 5.97 Å². The van der Waals surface area contributed by atoms with Crippen LogP contribution in [-0.2, 0) is 4.74 Å². The average Bonchev–Trinajstić information content (AvgIpc) is 2.16. The Morgan fingerprint density at radius 1 is 1.43 bits per heavy atom. The van der Waals surface area contributed by atoms with Gasteiger partial charge in [-0.25, -0.2) is 4.79 Å². The van der Waals surface area contributed by atoms with Gasteiger partial charge in [0, 0.05) is 5.56 Å². The topological polar surface area (TPSA) is 26.3 Å². The Morgan fingerprint density at radius 3 is 2.64 bits per heavy atom. The zero-order valence-corrected chi connectivity index (χ0v) is 8.28. The summed E-state index contributed by atoms with van der Waals surface area (Å²) in [6.07, 6.45) is 5.13. The second-order valence-corrected chi connectivity index (χ2v) is 3.14. The zero-order valence-electron chi connectivity index (χ0n) is 8.28. The fourth-order valence-corrected chi connectivity index (χ4v) is 1.06. The molecule has 0 heterocycles. The fraction of sp³-hybridized carbons (Fsp3) is 0.250. The lowest BCUT2D eigenvalue weighted by molar-refractivity contribution is 0.0377. The van der Waals surface area contributed by atoms with E-state index in [0.717, 1.165) is 0 Å². The van der Waals surface area contributed by atoms with Crippen LogP contribution in [0.2, 0.25) is 0 Å². The van der Waals surface area contributed by atoms with Crippen molar-refractivity contribution in [2.75, 3.05) is 0 Å². The van der Waals surface area contributed by atoms with Gasteiger partial charge in [0.05, 0.1) is 11.7 Å². The molecule has 0 N–H and O–H groups in total. The molecule has 1 aromatic carbocycles. The Hall–Kier alpha value is -1.75. The maximum atomic E-state index is 11.5. The van der Waals surface area contributed by atoms with Gasteiger partial charge in [-0.2, -0.15) is 0 Å². The van der Waals surface area contributed by atoms with Gasteiger partial charge in [0.2, 0.25) is 0 Å². The van der Waals surface area contributed by atoms with Crippen molar-refractivity contribution in [2.45, 2.75) is 20.0 Å². The van der Waals surface area contributed by atoms with Crippen LogP contribution >= 0.6 is 0 Å². The Balaban J connectivity index is 2.96. The second kappa shape index (κ2) is 4.48. The molecule has 0 radical (unpaired) electrons. The van der Waals surface area contributed by atoms with Crippen LogP contribution in [0.25, 0.3) is 0 Å². The highest BCUT2D eigenvalue weighted by Crippen LogP contribution is 2.09. The molecule has 0 amide bonds. The molecule has 0 saturated heterocycles. The molecule has 1 aromatic rings. The van der Waals surface area contributed by atoms with E-state index in [-0.39, 0.29) is 12.1 Å². The van der Waals surface area contributed by atoms with Crippen molar-refractivity contribution in [2.24, 2.45) is 0 Å². The van der Waals surface area contributed by atoms with Gasteiger partial charge in [-0.1, -0.05) is 18.1 Å². The summed E-state index contributed by atoms with van der Waals surface area (Å²) in [7, 11) is 0. The maximum absolute atomic E-state index is 11.5. The molecule has 0 fully saturated rings. The molecule has 0 aliphatic rings. The smallest absolute Gasteiger partial charge is 0.339 e. The number of carbonyl (C=O) groups is 1. The lowest BCUT2D eigenvalue weighted by atomic mass is 10.1. The molecule has 0 aromatic heterocycles. The summed E-state index contributed by atoms with van der Waals surface area (Å²) < 4.78 is 5.04. The first-order valence-corrected chi connectivity index (χ1v) is 4.41. The van der Waals surface area contributed by atoms with Gasteiger partial charge < -0.3 is 4.74 Å². The summed E-state index contributed by atoms with van der Waals surface area (Å²) in [5.41, 5.74) is 1.02. The number of ether oxygens (including phenoxy) is 1. The number of hydrogen-bond acceptors (Lipinski definition) is 2. The quantitative estimate of drug-likeness (QED) is 0.525. The standard InChI is InChI=1S/C12H12O2/c1-4-10-7-5-6-8-11(10)12(13)14-9(2)3/h1,5-9H,2-3H3. The molecule has 0 aliphatic heterocycles. The number of terminal acetylenes is 1. The van der Waals surface area contributed by atoms with Crippen molar-refractivity contribution in [1.82, 2.24) is 0 Å². The molecular formula is C12H12O2. The van der Waals surface area contributed by atoms with Crippen molar-refractivity contribution in [3.8, 4) is 12.3 Å². The highest BCUT2D eigenvalue weighted by molar-refractivity contribution is 5.92. The summed E-state index contributed by atoms with van der Waals surface area (Å²) in [6, 6.07) is 6.94. The van der Waals surface area contributed by atoms with E-state index in [2.05, 4.69) is 5.92 Å². The van der Waals surface area contributed by atoms with Crippen LogP contribution in [-0.4, -0.2) is 12.1 Å². The van der Waals surface area contributed by atoms with Gasteiger partial charge in [-0.05, 0) is 26.0 Å². The van der Waals surface area contributed by atoms with Crippen LogP contribution in [0.1, 0.15) is 29.8 Å². The monoisotopic (exact) mass is 188 g/mol. The number of esters is 1. The third kappa shape index (κ3) is 2.37. The molecule has 72 valence electrons. The summed E-state index contributed by atoms with van der Waals surface area (Å²) in [4.78, 5) is 11.5. The minimum Gasteiger partial charge on any atom is -0.459 e. The highest BCUT2D eigenvalue weighted by Gasteiger charge is 2.11. The molecule has 0 spiro atoms. The first kappa shape index (κ1) is 10.3. The minimum absolute atomic E-state index is 0.131. The number of carbonyl (C=O) groups excluding carboxylic acids is 1. The van der Waals surface area contributed by atoms with Crippen LogP contribution < -0.4 is 0 Å². The normalized spacial score (nSPS) is 9.57. The predicted molar refractivity (Wildman–Crippen MR) is 54.9 cm³/mol. The van der Waals surface area contributed by atoms with Crippen molar-refractivity contribution < 1.29 is 9.53 Å². The third-order valence-corrected chi connectivity index (χ3v) is 1.65. The highest BCUT2D eigenvalue weighted by atomic mass is 16.5. The van der Waals surface area contributed by atoms with Gasteiger partial charge in [0.15, 0.2) is 0 Å². The molecule has 0 aliphatic carbocycles. The first-order chi connectivity index (χ1) is 6.65. The van der Waals surface area contributed by atoms with E-state index in [9.17, 15) is 4.79 Å². The van der Waals surface area contributed by atoms with Gasteiger partial charge in [-0.3, -0.25) is 0 Å². The van der Waals surface area contributed by atoms with Crippen molar-refractivity contribution in [3.63, 3.8) is 0 Å². The first-order valence-electron chi connectivity index (χ1n) is 4.41. The Bertz CT molecular complexity index is 372. The number of hydrogen-bond donors (Lipinski definition) is 0. The number of benzene rings is 1. The van der Waals surface area contributed by atoms with E-state index in [0.29, 0.717) is 11.1 Å². The van der Waals surface area contributed by atoms with E-state index >= 15 is 0 Å². The summed E-state index contributed by atoms with van der Waals surface area (Å²) in [6.45, 7) is 3.60. The van der Waals surface area contributed by atoms with Crippen LogP contribution in [0.3, 0.4) is 0 Å². The Labute approximate surface area is 83.9 Å². The lowest BCUT2D eigenvalue weighted by Crippen LogP contribution is -2.12. The largest absolute Gasteiger partial charge is 0.459 e. The molecule has 2 nitrogen and oxygen atoms in total. The molecule has 0 unspecified atom stereocenters. The van der Waals surface area contributed by atoms with Crippen LogP contribution in [0.5, 0.6) is 0 Å². The minimum atomic E-state index is -0.367. The molecule has 1 rings (SSSR count). The Morgan fingerprint density at radius 2 is 2.07 bits per heavy atom. The van der Waals surface area contributed by atoms with E-state index in [1.807, 2.05) is 0 Å². The van der Waals surface area contributed by atoms with Crippen LogP contribution in [0.4, 0.5) is 0 Å². The van der Waals surface area contributed by atoms with Gasteiger partial charge in [-0.15, -0.1) is 6.42 Å². The average molecular weight is 188 g/mol. The van der Waals surface area contributed by atoms with E-state index in [1.54, 1.807) is 38.1 Å². The lowest BCUT2D eigenvalue weighted by Gasteiger charge is -2.08. The predicted octanol–water partition coefficient (Wildman–Crippen LogP) is 2.23. The van der Waals surface area contributed by atoms with Crippen molar-refractivity contribution in [1.29, 1.82) is 0 Å². The van der Waals surface area contributed by atoms with E-state index in [4.69, 9.17) is 11.2 Å². The van der Waals surface area contributed by atoms with Gasteiger partial charge in [0.25, 0.3) is 0 Å². The van der Waals surface area contributed by atoms with Gasteiger partial charge in [0.1, 0.15) is 0 Å². The summed E-state index contributed by atoms with van der Waals surface area (Å²) >= 11 is 0. The summed E-state index contributed by atoms with van der Waals surface area (Å²) in [5.74, 6) is 2.08. The van der Waals surface area contributed by atoms with E-state index < -0.39 is 0 Å². The second-order valence-electron chi connectivity index (χ2n) is 3.14. The SMILES string of the molecule is C#Cc1ccccc1C(=O)OC(C)C. The molecule has 2 heteroatoms. The fourth-order valence-electron chi connectivity index (χ4n) is 1.06. The zero-order chi connectivity index (χ0) is 10.6. The van der Waals surface area contributed by atoms with Crippen molar-refractivity contribution in [3.05, 3.63) is 35.4 Å². The number of rotatable bonds is 2. The molecule has 0 saturated carbocycles. The van der Waals surface area contributed by atoms with E-state index in [1.165, 1.54) is 0 Å². The van der Waals surface area contributed by atoms with Crippen LogP contribution in [0, 0.1) is 12.3 Å². The van der Waals surface area contributed by atoms with Crippen molar-refractivity contribution >= 4 is 5.97 Å². The molecular weight excluding hydrogens is 176 g/mol. The maximum Gasteiger partial charge on any atom is 0.339 e. The van der Waals surface area contributed by atoms with Crippen LogP contribution in [0.15, 0.2) is 24.3 Å². The molecule has 14 heavy (non-hydrogen) atoms. The Kier molecular flexibility index (Phi) is 3.30.